The molecule has 0 heterocycles. The first-order valence-electron chi connectivity index (χ1n) is 19.2. The Kier molecular flexibility index (Phi) is 16.0. The smallest absolute Gasteiger partial charge is 0.161 e. The van der Waals surface area contributed by atoms with Crippen molar-refractivity contribution in [1.29, 1.82) is 0 Å². The van der Waals surface area contributed by atoms with Gasteiger partial charge in [-0.15, -0.1) is 0 Å². The molecule has 264 valence electrons. The molecule has 0 radical (unpaired) electrons. The van der Waals surface area contributed by atoms with Crippen molar-refractivity contribution in [3.63, 3.8) is 0 Å². The number of carbonyl (C=O) groups excluding carboxylic acids is 3. The Balaban J connectivity index is 0.000000192. The van der Waals surface area contributed by atoms with Crippen molar-refractivity contribution in [3.05, 3.63) is 77.9 Å². The van der Waals surface area contributed by atoms with Crippen molar-refractivity contribution >= 4 is 23.9 Å². The first kappa shape index (κ1) is 39.6. The molecule has 8 aliphatic rings. The van der Waals surface area contributed by atoms with E-state index in [2.05, 4.69) is 12.1 Å². The van der Waals surface area contributed by atoms with Crippen LogP contribution in [-0.2, 0) is 9.59 Å². The molecule has 8 aliphatic carbocycles. The number of carbonyl (C=O) groups is 3. The maximum Gasteiger partial charge on any atom is 0.161 e. The summed E-state index contributed by atoms with van der Waals surface area (Å²) in [5.74, 6) is 6.16. The summed E-state index contributed by atoms with van der Waals surface area (Å²) in [5, 5.41) is 7.57. The van der Waals surface area contributed by atoms with Crippen LogP contribution in [0.3, 0.4) is 0 Å². The minimum Gasteiger partial charge on any atom is -0.397 e. The monoisotopic (exact) mass is 656 g/mol. The number of hydrogen-bond acceptors (Lipinski definition) is 4. The Morgan fingerprint density at radius 2 is 0.938 bits per heavy atom. The molecule has 0 aromatic heterocycles. The van der Waals surface area contributed by atoms with Crippen LogP contribution in [0.5, 0.6) is 0 Å². The molecule has 48 heavy (non-hydrogen) atoms. The molecule has 1 N–H and O–H groups in total. The standard InChI is InChI=1S/C19H22O.C12H18O.C7H6O.C2H6O.2C2H6/c20-18(7-6-14-4-2-1-3-5-14)19-11-15-8-16(12-19)10-17(9-15)13-19;1-8(13)12-5-9-2-10(6-12)4-11(3-9)7-12;8-6-7-4-2-1-3-5-7;1-2-3;2*1-2/h1-7,15-17H,8-13H2;9-11H,2-7H2,1H3;1-6H;3H,2H2,1H3;2*1-2H3/b7-6+;;;;;. The summed E-state index contributed by atoms with van der Waals surface area (Å²) in [6.07, 6.45) is 20.4. The van der Waals surface area contributed by atoms with Crippen LogP contribution < -0.4 is 0 Å². The average Bonchev–Trinajstić information content (AvgIpc) is 3.09. The number of aldehydes is 1. The molecule has 0 spiro atoms. The minimum absolute atomic E-state index is 0.0139. The lowest BCUT2D eigenvalue weighted by atomic mass is 9.48. The van der Waals surface area contributed by atoms with Crippen molar-refractivity contribution in [2.45, 2.75) is 119 Å². The number of allylic oxidation sites excluding steroid dienone is 1. The van der Waals surface area contributed by atoms with E-state index in [-0.39, 0.29) is 17.4 Å². The molecule has 0 atom stereocenters. The van der Waals surface area contributed by atoms with Gasteiger partial charge in [-0.25, -0.2) is 0 Å². The predicted octanol–water partition coefficient (Wildman–Crippen LogP) is 10.8. The van der Waals surface area contributed by atoms with Gasteiger partial charge in [0.15, 0.2) is 5.78 Å². The molecule has 0 aliphatic heterocycles. The third-order valence-electron chi connectivity index (χ3n) is 11.5. The third kappa shape index (κ3) is 10.3. The van der Waals surface area contributed by atoms with Crippen LogP contribution >= 0.6 is 0 Å². The van der Waals surface area contributed by atoms with E-state index < -0.39 is 0 Å². The van der Waals surface area contributed by atoms with Crippen LogP contribution in [-0.4, -0.2) is 29.6 Å². The lowest BCUT2D eigenvalue weighted by Gasteiger charge is -2.55. The van der Waals surface area contributed by atoms with Gasteiger partial charge in [0.1, 0.15) is 12.1 Å². The van der Waals surface area contributed by atoms with E-state index in [4.69, 9.17) is 5.11 Å². The van der Waals surface area contributed by atoms with E-state index in [0.29, 0.717) is 11.6 Å². The molecule has 8 saturated carbocycles. The van der Waals surface area contributed by atoms with Crippen LogP contribution in [0.1, 0.15) is 135 Å². The van der Waals surface area contributed by atoms with Crippen LogP contribution in [0.15, 0.2) is 66.7 Å². The highest BCUT2D eigenvalue weighted by atomic mass is 16.2. The second-order valence-electron chi connectivity index (χ2n) is 14.9. The molecule has 0 unspecified atom stereocenters. The van der Waals surface area contributed by atoms with Gasteiger partial charge in [0, 0.05) is 23.0 Å². The maximum atomic E-state index is 12.8. The van der Waals surface area contributed by atoms with E-state index in [1.807, 2.05) is 83.2 Å². The van der Waals surface area contributed by atoms with Gasteiger partial charge < -0.3 is 5.11 Å². The number of ketones is 2. The van der Waals surface area contributed by atoms with Crippen LogP contribution in [0, 0.1) is 46.3 Å². The highest BCUT2D eigenvalue weighted by molar-refractivity contribution is 5.98. The van der Waals surface area contributed by atoms with Crippen molar-refractivity contribution in [3.8, 4) is 0 Å². The molecule has 8 fully saturated rings. The first-order chi connectivity index (χ1) is 23.3. The van der Waals surface area contributed by atoms with Gasteiger partial charge in [0.05, 0.1) is 0 Å². The minimum atomic E-state index is 0.0139. The highest BCUT2D eigenvalue weighted by Crippen LogP contribution is 2.61. The number of rotatable bonds is 5. The second kappa shape index (κ2) is 19.4. The van der Waals surface area contributed by atoms with E-state index in [9.17, 15) is 14.4 Å². The Morgan fingerprint density at radius 3 is 1.23 bits per heavy atom. The number of aliphatic hydroxyl groups excluding tert-OH is 1. The van der Waals surface area contributed by atoms with E-state index in [1.165, 1.54) is 57.8 Å². The SMILES string of the molecule is CC.CC.CC(=O)C12CC3CC(CC(C3)C1)C2.CCO.O=C(/C=C/c1ccccc1)C12CC3CC(CC(C3)C1)C2.O=Cc1ccccc1. The summed E-state index contributed by atoms with van der Waals surface area (Å²) in [5.41, 5.74) is 2.03. The molecule has 4 heteroatoms. The van der Waals surface area contributed by atoms with E-state index >= 15 is 0 Å². The summed E-state index contributed by atoms with van der Waals surface area (Å²) in [4.78, 5) is 34.5. The maximum absolute atomic E-state index is 12.8. The average molecular weight is 657 g/mol. The predicted molar refractivity (Wildman–Crippen MR) is 200 cm³/mol. The van der Waals surface area contributed by atoms with Crippen LogP contribution in [0.4, 0.5) is 0 Å². The molecular weight excluding hydrogens is 592 g/mol. The number of Topliss-reactive ketones (excluding diaryl/α,β-unsaturated/α-hetero) is 1. The molecule has 8 bridgehead atoms. The fourth-order valence-electron chi connectivity index (χ4n) is 10.4. The number of hydrogen-bond donors (Lipinski definition) is 1. The Hall–Kier alpha value is -2.85. The van der Waals surface area contributed by atoms with Gasteiger partial charge in [-0.05, 0) is 138 Å². The van der Waals surface area contributed by atoms with Crippen LogP contribution in [0.25, 0.3) is 6.08 Å². The normalized spacial score (nSPS) is 32.3. The fourth-order valence-corrected chi connectivity index (χ4v) is 10.4. The Bertz CT molecular complexity index is 1210. The summed E-state index contributed by atoms with van der Waals surface area (Å²) >= 11 is 0. The third-order valence-corrected chi connectivity index (χ3v) is 11.5. The number of benzene rings is 2. The summed E-state index contributed by atoms with van der Waals surface area (Å²) < 4.78 is 0. The topological polar surface area (TPSA) is 71.4 Å². The van der Waals surface area contributed by atoms with Crippen molar-refractivity contribution in [2.75, 3.05) is 6.61 Å². The Morgan fingerprint density at radius 1 is 0.625 bits per heavy atom. The lowest BCUT2D eigenvalue weighted by Crippen LogP contribution is -2.49. The van der Waals surface area contributed by atoms with Crippen molar-refractivity contribution in [1.82, 2.24) is 0 Å². The van der Waals surface area contributed by atoms with Gasteiger partial charge in [0.25, 0.3) is 0 Å². The fraction of sp³-hybridized carbons (Fsp3) is 0.614. The van der Waals surface area contributed by atoms with Gasteiger partial charge in [-0.1, -0.05) is 94.4 Å². The summed E-state index contributed by atoms with van der Waals surface area (Å²) in [6, 6.07) is 19.3. The molecular formula is C44H64O4. The van der Waals surface area contributed by atoms with Gasteiger partial charge in [-0.2, -0.15) is 0 Å². The quantitative estimate of drug-likeness (QED) is 0.257. The molecule has 2 aromatic rings. The summed E-state index contributed by atoms with van der Waals surface area (Å²) in [7, 11) is 0. The molecule has 2 aromatic carbocycles. The van der Waals surface area contributed by atoms with E-state index in [0.717, 1.165) is 72.2 Å². The van der Waals surface area contributed by atoms with Gasteiger partial charge >= 0.3 is 0 Å². The van der Waals surface area contributed by atoms with Gasteiger partial charge in [-0.3, -0.25) is 14.4 Å². The first-order valence-corrected chi connectivity index (χ1v) is 19.2. The van der Waals surface area contributed by atoms with E-state index in [1.54, 1.807) is 19.1 Å². The molecule has 4 nitrogen and oxygen atoms in total. The zero-order valence-corrected chi connectivity index (χ0v) is 30.8. The molecule has 0 saturated heterocycles. The number of aliphatic hydroxyl groups is 1. The van der Waals surface area contributed by atoms with Crippen molar-refractivity contribution < 1.29 is 19.5 Å². The Labute approximate surface area is 292 Å². The lowest BCUT2D eigenvalue weighted by molar-refractivity contribution is -0.141. The molecule has 10 rings (SSSR count). The van der Waals surface area contributed by atoms with Crippen molar-refractivity contribution in [2.24, 2.45) is 46.3 Å². The zero-order chi connectivity index (χ0) is 35.2. The molecule has 0 amide bonds. The second-order valence-corrected chi connectivity index (χ2v) is 14.9. The summed E-state index contributed by atoms with van der Waals surface area (Å²) in [6.45, 7) is 11.8. The van der Waals surface area contributed by atoms with Gasteiger partial charge in [0.2, 0.25) is 0 Å². The highest BCUT2D eigenvalue weighted by Gasteiger charge is 2.54. The zero-order valence-electron chi connectivity index (χ0n) is 30.8. The largest absolute Gasteiger partial charge is 0.397 e. The van der Waals surface area contributed by atoms with Crippen LogP contribution in [0.2, 0.25) is 0 Å².